The fourth-order valence-electron chi connectivity index (χ4n) is 1.93. The lowest BCUT2D eigenvalue weighted by Crippen LogP contribution is -2.37. The Morgan fingerprint density at radius 1 is 1.56 bits per heavy atom. The number of likely N-dealkylation sites (N-methyl/N-ethyl adjacent to an activating group) is 1. The minimum Gasteiger partial charge on any atom is -0.472 e. The molecule has 0 bridgehead atoms. The van der Waals surface area contributed by atoms with Crippen molar-refractivity contribution < 1.29 is 9.15 Å². The molecule has 0 spiro atoms. The average Bonchev–Trinajstić information content (AvgIpc) is 2.96. The van der Waals surface area contributed by atoms with Gasteiger partial charge in [0.2, 0.25) is 0 Å². The summed E-state index contributed by atoms with van der Waals surface area (Å²) in [5.74, 6) is 0. The first-order valence-electron chi connectivity index (χ1n) is 5.86. The minimum atomic E-state index is 0.607. The Bertz CT molecular complexity index is 281. The van der Waals surface area contributed by atoms with E-state index in [1.807, 2.05) is 6.07 Å². The normalized spacial score (nSPS) is 20.8. The fraction of sp³-hybridized carbons (Fsp3) is 0.667. The van der Waals surface area contributed by atoms with Crippen molar-refractivity contribution >= 4 is 0 Å². The molecule has 90 valence electrons. The summed E-state index contributed by atoms with van der Waals surface area (Å²) in [6, 6.07) is 2.59. The monoisotopic (exact) mass is 224 g/mol. The van der Waals surface area contributed by atoms with Crippen molar-refractivity contribution in [2.24, 2.45) is 0 Å². The van der Waals surface area contributed by atoms with Crippen molar-refractivity contribution in [1.29, 1.82) is 0 Å². The van der Waals surface area contributed by atoms with Crippen molar-refractivity contribution in [1.82, 2.24) is 10.2 Å². The third-order valence-corrected chi connectivity index (χ3v) is 3.08. The second-order valence-electron chi connectivity index (χ2n) is 4.31. The number of hydrogen-bond acceptors (Lipinski definition) is 4. The molecule has 1 N–H and O–H groups in total. The van der Waals surface area contributed by atoms with Gasteiger partial charge in [-0.05, 0) is 19.5 Å². The molecule has 0 radical (unpaired) electrons. The first-order valence-corrected chi connectivity index (χ1v) is 5.86. The standard InChI is InChI=1S/C12H20N2O2/c1-14(12-3-7-16-10-12)5-4-13-8-11-2-6-15-9-11/h2,6,9,12-13H,3-5,7-8,10H2,1H3. The molecule has 1 aromatic rings. The molecule has 0 aliphatic carbocycles. The topological polar surface area (TPSA) is 37.6 Å². The smallest absolute Gasteiger partial charge is 0.0947 e. The van der Waals surface area contributed by atoms with E-state index in [2.05, 4.69) is 17.3 Å². The van der Waals surface area contributed by atoms with Gasteiger partial charge in [0.15, 0.2) is 0 Å². The van der Waals surface area contributed by atoms with Gasteiger partial charge in [-0.15, -0.1) is 0 Å². The Labute approximate surface area is 96.6 Å². The number of nitrogens with one attached hydrogen (secondary N) is 1. The molecule has 2 heterocycles. The molecule has 4 nitrogen and oxygen atoms in total. The van der Waals surface area contributed by atoms with E-state index in [9.17, 15) is 0 Å². The maximum absolute atomic E-state index is 5.37. The highest BCUT2D eigenvalue weighted by atomic mass is 16.5. The molecular weight excluding hydrogens is 204 g/mol. The molecule has 0 aromatic carbocycles. The first-order chi connectivity index (χ1) is 7.86. The van der Waals surface area contributed by atoms with E-state index in [-0.39, 0.29) is 0 Å². The lowest BCUT2D eigenvalue weighted by atomic mass is 10.2. The zero-order valence-corrected chi connectivity index (χ0v) is 9.82. The summed E-state index contributed by atoms with van der Waals surface area (Å²) < 4.78 is 10.4. The van der Waals surface area contributed by atoms with E-state index in [1.54, 1.807) is 12.5 Å². The minimum absolute atomic E-state index is 0.607. The molecule has 1 saturated heterocycles. The van der Waals surface area contributed by atoms with Crippen LogP contribution in [0.25, 0.3) is 0 Å². The van der Waals surface area contributed by atoms with Crippen molar-refractivity contribution in [3.8, 4) is 0 Å². The Morgan fingerprint density at radius 3 is 3.19 bits per heavy atom. The van der Waals surface area contributed by atoms with Crippen LogP contribution in [0.4, 0.5) is 0 Å². The predicted molar refractivity (Wildman–Crippen MR) is 62.3 cm³/mol. The predicted octanol–water partition coefficient (Wildman–Crippen LogP) is 1.09. The van der Waals surface area contributed by atoms with Crippen LogP contribution in [-0.4, -0.2) is 44.3 Å². The SMILES string of the molecule is CN(CCNCc1ccoc1)C1CCOC1. The van der Waals surface area contributed by atoms with Crippen LogP contribution in [0.5, 0.6) is 0 Å². The summed E-state index contributed by atoms with van der Waals surface area (Å²) in [7, 11) is 2.17. The van der Waals surface area contributed by atoms with Crippen molar-refractivity contribution in [3.05, 3.63) is 24.2 Å². The van der Waals surface area contributed by atoms with Gasteiger partial charge in [-0.25, -0.2) is 0 Å². The van der Waals surface area contributed by atoms with Crippen molar-refractivity contribution in [2.75, 3.05) is 33.4 Å². The maximum Gasteiger partial charge on any atom is 0.0947 e. The molecule has 1 fully saturated rings. The van der Waals surface area contributed by atoms with E-state index in [4.69, 9.17) is 9.15 Å². The molecule has 1 atom stereocenters. The molecule has 1 unspecified atom stereocenters. The Kier molecular flexibility index (Phi) is 4.39. The zero-order valence-electron chi connectivity index (χ0n) is 9.82. The lowest BCUT2D eigenvalue weighted by molar-refractivity contribution is 0.159. The van der Waals surface area contributed by atoms with Crippen LogP contribution in [0.2, 0.25) is 0 Å². The van der Waals surface area contributed by atoms with Crippen molar-refractivity contribution in [3.63, 3.8) is 0 Å². The summed E-state index contributed by atoms with van der Waals surface area (Å²) in [5.41, 5.74) is 1.20. The van der Waals surface area contributed by atoms with Gasteiger partial charge in [0.05, 0.1) is 19.1 Å². The number of hydrogen-bond donors (Lipinski definition) is 1. The van der Waals surface area contributed by atoms with Crippen LogP contribution >= 0.6 is 0 Å². The van der Waals surface area contributed by atoms with E-state index in [0.29, 0.717) is 6.04 Å². The number of rotatable bonds is 6. The zero-order chi connectivity index (χ0) is 11.2. The van der Waals surface area contributed by atoms with Gasteiger partial charge in [0, 0.05) is 37.8 Å². The fourth-order valence-corrected chi connectivity index (χ4v) is 1.93. The highest BCUT2D eigenvalue weighted by molar-refractivity contribution is 5.04. The maximum atomic E-state index is 5.37. The molecule has 4 heteroatoms. The third kappa shape index (κ3) is 3.33. The van der Waals surface area contributed by atoms with Crippen LogP contribution in [0, 0.1) is 0 Å². The van der Waals surface area contributed by atoms with E-state index < -0.39 is 0 Å². The van der Waals surface area contributed by atoms with Gasteiger partial charge in [-0.1, -0.05) is 0 Å². The lowest BCUT2D eigenvalue weighted by Gasteiger charge is -2.22. The summed E-state index contributed by atoms with van der Waals surface area (Å²) in [6.45, 7) is 4.74. The van der Waals surface area contributed by atoms with Crippen LogP contribution in [-0.2, 0) is 11.3 Å². The Morgan fingerprint density at radius 2 is 2.50 bits per heavy atom. The highest BCUT2D eigenvalue weighted by Crippen LogP contribution is 2.09. The van der Waals surface area contributed by atoms with Gasteiger partial charge < -0.3 is 14.5 Å². The van der Waals surface area contributed by atoms with E-state index in [0.717, 1.165) is 39.3 Å². The molecular formula is C12H20N2O2. The summed E-state index contributed by atoms with van der Waals surface area (Å²) in [4.78, 5) is 2.37. The average molecular weight is 224 g/mol. The molecule has 16 heavy (non-hydrogen) atoms. The van der Waals surface area contributed by atoms with Crippen LogP contribution in [0.3, 0.4) is 0 Å². The largest absolute Gasteiger partial charge is 0.472 e. The summed E-state index contributed by atoms with van der Waals surface area (Å²) in [5, 5.41) is 3.40. The van der Waals surface area contributed by atoms with Crippen molar-refractivity contribution in [2.45, 2.75) is 19.0 Å². The van der Waals surface area contributed by atoms with Crippen LogP contribution in [0.15, 0.2) is 23.0 Å². The molecule has 1 aliphatic heterocycles. The van der Waals surface area contributed by atoms with Gasteiger partial charge in [-0.2, -0.15) is 0 Å². The highest BCUT2D eigenvalue weighted by Gasteiger charge is 2.19. The van der Waals surface area contributed by atoms with Gasteiger partial charge >= 0.3 is 0 Å². The quantitative estimate of drug-likeness (QED) is 0.734. The second kappa shape index (κ2) is 6.03. The number of furan rings is 1. The summed E-state index contributed by atoms with van der Waals surface area (Å²) in [6.07, 6.45) is 4.65. The molecule has 1 aliphatic rings. The van der Waals surface area contributed by atoms with Gasteiger partial charge in [-0.3, -0.25) is 4.90 Å². The van der Waals surface area contributed by atoms with Crippen LogP contribution in [0.1, 0.15) is 12.0 Å². The first kappa shape index (κ1) is 11.6. The third-order valence-electron chi connectivity index (χ3n) is 3.08. The Hall–Kier alpha value is -0.840. The number of ether oxygens (including phenoxy) is 1. The summed E-state index contributed by atoms with van der Waals surface area (Å²) >= 11 is 0. The molecule has 0 amide bonds. The number of nitrogens with zero attached hydrogens (tertiary/aromatic N) is 1. The second-order valence-corrected chi connectivity index (χ2v) is 4.31. The molecule has 2 rings (SSSR count). The van der Waals surface area contributed by atoms with Gasteiger partial charge in [0.25, 0.3) is 0 Å². The molecule has 1 aromatic heterocycles. The van der Waals surface area contributed by atoms with Gasteiger partial charge in [0.1, 0.15) is 0 Å². The van der Waals surface area contributed by atoms with E-state index in [1.165, 1.54) is 5.56 Å². The van der Waals surface area contributed by atoms with Crippen LogP contribution < -0.4 is 5.32 Å². The Balaban J connectivity index is 1.57. The molecule has 0 saturated carbocycles. The van der Waals surface area contributed by atoms with E-state index >= 15 is 0 Å².